The zero-order chi connectivity index (χ0) is 10.1. The van der Waals surface area contributed by atoms with Crippen LogP contribution in [0.1, 0.15) is 26.2 Å². The first-order valence-electron chi connectivity index (χ1n) is 4.68. The molecule has 0 aromatic rings. The summed E-state index contributed by atoms with van der Waals surface area (Å²) in [4.78, 5) is 11.4. The number of carbonyl (C=O) groups is 1. The lowest BCUT2D eigenvalue weighted by molar-refractivity contribution is -0.123. The largest absolute Gasteiger partial charge is 0.358 e. The maximum atomic E-state index is 11.4. The summed E-state index contributed by atoms with van der Waals surface area (Å²) in [5, 5.41) is 2.58. The van der Waals surface area contributed by atoms with Crippen LogP contribution in [0.25, 0.3) is 0 Å². The molecule has 1 fully saturated rings. The predicted octanol–water partition coefficient (Wildman–Crippen LogP) is 0.548. The molecule has 76 valence electrons. The predicted molar refractivity (Wildman–Crippen MR) is 56.8 cm³/mol. The van der Waals surface area contributed by atoms with Crippen LogP contribution in [0.5, 0.6) is 0 Å². The topological polar surface area (TPSA) is 55.1 Å². The highest BCUT2D eigenvalue weighted by molar-refractivity contribution is 7.82. The van der Waals surface area contributed by atoms with Gasteiger partial charge >= 0.3 is 0 Å². The van der Waals surface area contributed by atoms with E-state index in [9.17, 15) is 4.79 Å². The van der Waals surface area contributed by atoms with Crippen molar-refractivity contribution in [1.29, 1.82) is 0 Å². The van der Waals surface area contributed by atoms with Crippen molar-refractivity contribution in [2.75, 3.05) is 7.05 Å². The normalized spacial score (nSPS) is 23.4. The Balaban J connectivity index is 2.49. The molecular formula is C9H18N2OS. The molecule has 0 bridgehead atoms. The van der Waals surface area contributed by atoms with Crippen LogP contribution in [-0.2, 0) is 4.79 Å². The van der Waals surface area contributed by atoms with Gasteiger partial charge in [-0.2, -0.15) is 12.6 Å². The Morgan fingerprint density at radius 3 is 2.69 bits per heavy atom. The van der Waals surface area contributed by atoms with Gasteiger partial charge in [0.05, 0.1) is 0 Å². The van der Waals surface area contributed by atoms with E-state index < -0.39 is 4.75 Å². The maximum absolute atomic E-state index is 11.4. The van der Waals surface area contributed by atoms with Gasteiger partial charge in [-0.25, -0.2) is 0 Å². The summed E-state index contributed by atoms with van der Waals surface area (Å²) in [6.45, 7) is 1.78. The quantitative estimate of drug-likeness (QED) is 0.583. The van der Waals surface area contributed by atoms with E-state index in [4.69, 9.17) is 5.73 Å². The van der Waals surface area contributed by atoms with Crippen molar-refractivity contribution in [2.24, 2.45) is 11.7 Å². The SMILES string of the molecule is CNC(=O)C(C)(S)C(N)CC1CC1. The van der Waals surface area contributed by atoms with Gasteiger partial charge in [-0.05, 0) is 19.3 Å². The van der Waals surface area contributed by atoms with Gasteiger partial charge in [0.1, 0.15) is 4.75 Å². The monoisotopic (exact) mass is 202 g/mol. The molecule has 0 spiro atoms. The van der Waals surface area contributed by atoms with Crippen molar-refractivity contribution in [3.05, 3.63) is 0 Å². The Morgan fingerprint density at radius 1 is 1.77 bits per heavy atom. The lowest BCUT2D eigenvalue weighted by Gasteiger charge is -2.28. The van der Waals surface area contributed by atoms with E-state index >= 15 is 0 Å². The van der Waals surface area contributed by atoms with E-state index in [2.05, 4.69) is 17.9 Å². The number of rotatable bonds is 4. The summed E-state index contributed by atoms with van der Waals surface area (Å²) >= 11 is 4.32. The number of nitrogens with one attached hydrogen (secondary N) is 1. The first-order valence-corrected chi connectivity index (χ1v) is 5.13. The summed E-state index contributed by atoms with van der Waals surface area (Å²) in [5.41, 5.74) is 5.93. The fraction of sp³-hybridized carbons (Fsp3) is 0.889. The molecule has 0 aromatic carbocycles. The molecule has 1 aliphatic carbocycles. The molecule has 13 heavy (non-hydrogen) atoms. The second kappa shape index (κ2) is 3.88. The molecular weight excluding hydrogens is 184 g/mol. The molecule has 1 aliphatic rings. The van der Waals surface area contributed by atoms with Crippen LogP contribution in [0, 0.1) is 5.92 Å². The molecule has 3 N–H and O–H groups in total. The van der Waals surface area contributed by atoms with Crippen LogP contribution < -0.4 is 11.1 Å². The third kappa shape index (κ3) is 2.61. The van der Waals surface area contributed by atoms with E-state index in [0.29, 0.717) is 0 Å². The average Bonchev–Trinajstić information content (AvgIpc) is 2.86. The van der Waals surface area contributed by atoms with Gasteiger partial charge in [-0.3, -0.25) is 4.79 Å². The van der Waals surface area contributed by atoms with Crippen molar-refractivity contribution in [3.63, 3.8) is 0 Å². The van der Waals surface area contributed by atoms with E-state index in [1.807, 2.05) is 0 Å². The highest BCUT2D eigenvalue weighted by atomic mass is 32.1. The Kier molecular flexibility index (Phi) is 3.24. The maximum Gasteiger partial charge on any atom is 0.237 e. The molecule has 0 heterocycles. The molecule has 0 aliphatic heterocycles. The van der Waals surface area contributed by atoms with Gasteiger partial charge in [0.15, 0.2) is 0 Å². The molecule has 4 heteroatoms. The molecule has 1 saturated carbocycles. The summed E-state index contributed by atoms with van der Waals surface area (Å²) < 4.78 is -0.739. The number of amides is 1. The Morgan fingerprint density at radius 2 is 2.31 bits per heavy atom. The fourth-order valence-electron chi connectivity index (χ4n) is 1.36. The minimum Gasteiger partial charge on any atom is -0.358 e. The average molecular weight is 202 g/mol. The van der Waals surface area contributed by atoms with Crippen LogP contribution in [-0.4, -0.2) is 23.7 Å². The minimum absolute atomic E-state index is 0.0935. The molecule has 1 rings (SSSR count). The molecule has 0 aromatic heterocycles. The summed E-state index contributed by atoms with van der Waals surface area (Å²) in [5.74, 6) is 0.634. The van der Waals surface area contributed by atoms with Gasteiger partial charge < -0.3 is 11.1 Å². The van der Waals surface area contributed by atoms with Crippen LogP contribution in [0.3, 0.4) is 0 Å². The molecule has 0 radical (unpaired) electrons. The zero-order valence-electron chi connectivity index (χ0n) is 8.21. The summed E-state index contributed by atoms with van der Waals surface area (Å²) in [6.07, 6.45) is 3.42. The molecule has 3 nitrogen and oxygen atoms in total. The third-order valence-electron chi connectivity index (χ3n) is 2.69. The van der Waals surface area contributed by atoms with Crippen molar-refractivity contribution in [2.45, 2.75) is 37.0 Å². The highest BCUT2D eigenvalue weighted by Gasteiger charge is 2.38. The van der Waals surface area contributed by atoms with E-state index in [1.165, 1.54) is 12.8 Å². The van der Waals surface area contributed by atoms with E-state index in [1.54, 1.807) is 14.0 Å². The fourth-order valence-corrected chi connectivity index (χ4v) is 1.58. The standard InChI is InChI=1S/C9H18N2OS/c1-9(13,8(12)11-2)7(10)5-6-3-4-6/h6-7,13H,3-5,10H2,1-2H3,(H,11,12). The van der Waals surface area contributed by atoms with Crippen LogP contribution in [0.15, 0.2) is 0 Å². The number of thiol groups is 1. The number of hydrogen-bond acceptors (Lipinski definition) is 3. The van der Waals surface area contributed by atoms with Crippen molar-refractivity contribution >= 4 is 18.5 Å². The van der Waals surface area contributed by atoms with Gasteiger partial charge in [0.25, 0.3) is 0 Å². The molecule has 2 atom stereocenters. The second-order valence-electron chi connectivity index (χ2n) is 4.01. The van der Waals surface area contributed by atoms with Gasteiger partial charge in [-0.1, -0.05) is 12.8 Å². The summed E-state index contributed by atoms with van der Waals surface area (Å²) in [6, 6.07) is -0.150. The first kappa shape index (κ1) is 10.9. The van der Waals surface area contributed by atoms with Gasteiger partial charge in [0, 0.05) is 13.1 Å². The van der Waals surface area contributed by atoms with E-state index in [0.717, 1.165) is 12.3 Å². The van der Waals surface area contributed by atoms with Crippen LogP contribution in [0.4, 0.5) is 0 Å². The molecule has 0 saturated heterocycles. The van der Waals surface area contributed by atoms with E-state index in [-0.39, 0.29) is 11.9 Å². The smallest absolute Gasteiger partial charge is 0.237 e. The lowest BCUT2D eigenvalue weighted by Crippen LogP contribution is -2.51. The Hall–Kier alpha value is -0.220. The number of nitrogens with two attached hydrogens (primary N) is 1. The number of carbonyl (C=O) groups excluding carboxylic acids is 1. The minimum atomic E-state index is -0.739. The lowest BCUT2D eigenvalue weighted by atomic mass is 9.95. The number of hydrogen-bond donors (Lipinski definition) is 3. The molecule has 2 unspecified atom stereocenters. The third-order valence-corrected chi connectivity index (χ3v) is 3.23. The molecule has 1 amide bonds. The van der Waals surface area contributed by atoms with Crippen LogP contribution >= 0.6 is 12.6 Å². The van der Waals surface area contributed by atoms with Crippen molar-refractivity contribution in [1.82, 2.24) is 5.32 Å². The van der Waals surface area contributed by atoms with Gasteiger partial charge in [-0.15, -0.1) is 0 Å². The highest BCUT2D eigenvalue weighted by Crippen LogP contribution is 2.36. The van der Waals surface area contributed by atoms with Gasteiger partial charge in [0.2, 0.25) is 5.91 Å². The van der Waals surface area contributed by atoms with Crippen molar-refractivity contribution in [3.8, 4) is 0 Å². The second-order valence-corrected chi connectivity index (χ2v) is 4.94. The van der Waals surface area contributed by atoms with Crippen LogP contribution in [0.2, 0.25) is 0 Å². The Labute approximate surface area is 84.9 Å². The van der Waals surface area contributed by atoms with Crippen molar-refractivity contribution < 1.29 is 4.79 Å². The summed E-state index contributed by atoms with van der Waals surface area (Å²) in [7, 11) is 1.61. The zero-order valence-corrected chi connectivity index (χ0v) is 9.10. The Bertz CT molecular complexity index is 202. The first-order chi connectivity index (χ1) is 5.98.